The number of carbonyl (C=O) groups is 2. The molecule has 2 fully saturated rings. The Morgan fingerprint density at radius 1 is 1.18 bits per heavy atom. The van der Waals surface area contributed by atoms with Crippen LogP contribution in [0.5, 0.6) is 0 Å². The van der Waals surface area contributed by atoms with Crippen molar-refractivity contribution in [3.8, 4) is 10.6 Å². The lowest BCUT2D eigenvalue weighted by atomic mass is 9.96. The van der Waals surface area contributed by atoms with Crippen molar-refractivity contribution in [3.05, 3.63) is 34.7 Å². The number of hydrogen-bond donors (Lipinski definition) is 1. The van der Waals surface area contributed by atoms with Gasteiger partial charge in [-0.15, -0.1) is 11.3 Å². The molecular weight excluding hydrogens is 448 g/mol. The van der Waals surface area contributed by atoms with E-state index in [0.29, 0.717) is 56.5 Å². The predicted octanol–water partition coefficient (Wildman–Crippen LogP) is 4.11. The highest BCUT2D eigenvalue weighted by Crippen LogP contribution is 2.31. The highest BCUT2D eigenvalue weighted by Gasteiger charge is 2.30. The van der Waals surface area contributed by atoms with Gasteiger partial charge in [-0.25, -0.2) is 4.98 Å². The van der Waals surface area contributed by atoms with E-state index in [0.717, 1.165) is 30.1 Å². The maximum Gasteiger partial charge on any atom is 0.309 e. The van der Waals surface area contributed by atoms with Gasteiger partial charge in [-0.1, -0.05) is 6.92 Å². The van der Waals surface area contributed by atoms with Crippen LogP contribution in [-0.4, -0.2) is 67.1 Å². The molecule has 1 unspecified atom stereocenters. The van der Waals surface area contributed by atoms with Gasteiger partial charge in [0.2, 0.25) is 0 Å². The number of anilines is 1. The van der Waals surface area contributed by atoms with Crippen molar-refractivity contribution < 1.29 is 14.3 Å². The van der Waals surface area contributed by atoms with Crippen LogP contribution in [0.15, 0.2) is 23.6 Å². The summed E-state index contributed by atoms with van der Waals surface area (Å²) in [5.41, 5.74) is 2.69. The molecule has 1 N–H and O–H groups in total. The summed E-state index contributed by atoms with van der Waals surface area (Å²) in [5, 5.41) is 5.29. The molecule has 4 heterocycles. The van der Waals surface area contributed by atoms with Crippen molar-refractivity contribution in [2.75, 3.05) is 44.2 Å². The monoisotopic (exact) mass is 484 g/mol. The van der Waals surface area contributed by atoms with Crippen LogP contribution in [0.4, 0.5) is 5.82 Å². The van der Waals surface area contributed by atoms with E-state index >= 15 is 0 Å². The van der Waals surface area contributed by atoms with E-state index in [2.05, 4.69) is 40.4 Å². The minimum absolute atomic E-state index is 0.0770. The van der Waals surface area contributed by atoms with E-state index in [1.54, 1.807) is 11.3 Å². The van der Waals surface area contributed by atoms with Crippen LogP contribution in [0, 0.1) is 12.8 Å². The molecule has 1 atom stereocenters. The molecule has 1 amide bonds. The molecule has 0 spiro atoms. The summed E-state index contributed by atoms with van der Waals surface area (Å²) in [6.07, 6.45) is 3.72. The smallest absolute Gasteiger partial charge is 0.309 e. The number of amides is 1. The number of likely N-dealkylation sites (N-methyl/N-ethyl adjacent to an activating group) is 1. The van der Waals surface area contributed by atoms with Gasteiger partial charge >= 0.3 is 5.97 Å². The minimum atomic E-state index is -0.118. The second-order valence-electron chi connectivity index (χ2n) is 9.20. The Kier molecular flexibility index (Phi) is 8.21. The summed E-state index contributed by atoms with van der Waals surface area (Å²) in [6.45, 7) is 10.6. The van der Waals surface area contributed by atoms with E-state index in [-0.39, 0.29) is 17.8 Å². The quantitative estimate of drug-likeness (QED) is 0.569. The van der Waals surface area contributed by atoms with Crippen molar-refractivity contribution in [1.29, 1.82) is 0 Å². The van der Waals surface area contributed by atoms with Crippen molar-refractivity contribution in [2.45, 2.75) is 52.5 Å². The fourth-order valence-corrected chi connectivity index (χ4v) is 5.87. The summed E-state index contributed by atoms with van der Waals surface area (Å²) in [4.78, 5) is 36.1. The van der Waals surface area contributed by atoms with Crippen LogP contribution in [-0.2, 0) is 9.53 Å². The SMILES string of the molecule is CCOC(=O)C1CCN(c2nc(-c3cc(C)cs3)ccc2C(=O)NCC2CCCN2CC)CC1. The third-order valence-electron chi connectivity index (χ3n) is 6.92. The number of likely N-dealkylation sites (tertiary alicyclic amines) is 1. The van der Waals surface area contributed by atoms with Crippen LogP contribution < -0.4 is 10.2 Å². The molecule has 0 aliphatic carbocycles. The zero-order chi connectivity index (χ0) is 24.1. The standard InChI is InChI=1S/C26H36N4O3S/c1-4-29-12-6-7-20(29)16-27-25(31)21-8-9-22(23-15-18(3)17-34-23)28-24(21)30-13-10-19(11-14-30)26(32)33-5-2/h8-9,15,17,19-20H,4-7,10-14,16H2,1-3H3,(H,27,31). The molecule has 2 aromatic heterocycles. The molecule has 0 radical (unpaired) electrons. The molecule has 7 nitrogen and oxygen atoms in total. The number of aromatic nitrogens is 1. The van der Waals surface area contributed by atoms with Gasteiger partial charge in [0.1, 0.15) is 5.82 Å². The van der Waals surface area contributed by atoms with Gasteiger partial charge in [0.15, 0.2) is 0 Å². The first kappa shape index (κ1) is 24.7. The van der Waals surface area contributed by atoms with Gasteiger partial charge in [0, 0.05) is 25.7 Å². The predicted molar refractivity (Wildman–Crippen MR) is 136 cm³/mol. The lowest BCUT2D eigenvalue weighted by Gasteiger charge is -2.33. The number of aryl methyl sites for hydroxylation is 1. The van der Waals surface area contributed by atoms with Gasteiger partial charge in [-0.2, -0.15) is 0 Å². The topological polar surface area (TPSA) is 74.8 Å². The van der Waals surface area contributed by atoms with Crippen LogP contribution >= 0.6 is 11.3 Å². The number of nitrogens with one attached hydrogen (secondary N) is 1. The summed E-state index contributed by atoms with van der Waals surface area (Å²) < 4.78 is 5.22. The molecule has 2 aliphatic heterocycles. The largest absolute Gasteiger partial charge is 0.466 e. The first-order chi connectivity index (χ1) is 16.5. The van der Waals surface area contributed by atoms with Crippen LogP contribution in [0.3, 0.4) is 0 Å². The Morgan fingerprint density at radius 3 is 2.65 bits per heavy atom. The van der Waals surface area contributed by atoms with Crippen LogP contribution in [0.2, 0.25) is 0 Å². The summed E-state index contributed by atoms with van der Waals surface area (Å²) >= 11 is 1.66. The van der Waals surface area contributed by atoms with Crippen molar-refractivity contribution >= 4 is 29.0 Å². The molecule has 0 saturated carbocycles. The molecule has 2 aliphatic rings. The number of thiophene rings is 1. The Balaban J connectivity index is 1.53. The van der Waals surface area contributed by atoms with Crippen LogP contribution in [0.1, 0.15) is 55.5 Å². The molecule has 8 heteroatoms. The summed E-state index contributed by atoms with van der Waals surface area (Å²) in [5.74, 6) is 0.431. The molecule has 4 rings (SSSR count). The highest BCUT2D eigenvalue weighted by molar-refractivity contribution is 7.13. The molecule has 34 heavy (non-hydrogen) atoms. The summed E-state index contributed by atoms with van der Waals surface area (Å²) in [6, 6.07) is 6.39. The number of rotatable bonds is 8. The fourth-order valence-electron chi connectivity index (χ4n) is 5.00. The molecule has 184 valence electrons. The number of ether oxygens (including phenoxy) is 1. The van der Waals surface area contributed by atoms with E-state index in [1.165, 1.54) is 12.0 Å². The average molecular weight is 485 g/mol. The van der Waals surface area contributed by atoms with E-state index in [9.17, 15) is 9.59 Å². The van der Waals surface area contributed by atoms with Crippen LogP contribution in [0.25, 0.3) is 10.6 Å². The number of pyridine rings is 1. The second-order valence-corrected chi connectivity index (χ2v) is 10.1. The Bertz CT molecular complexity index is 1000. The van der Waals surface area contributed by atoms with Gasteiger partial charge in [0.25, 0.3) is 5.91 Å². The molecule has 0 aromatic carbocycles. The molecule has 2 saturated heterocycles. The van der Waals surface area contributed by atoms with Crippen molar-refractivity contribution in [1.82, 2.24) is 15.2 Å². The fraction of sp³-hybridized carbons (Fsp3) is 0.577. The molecule has 2 aromatic rings. The van der Waals surface area contributed by atoms with Crippen molar-refractivity contribution in [2.24, 2.45) is 5.92 Å². The number of hydrogen-bond acceptors (Lipinski definition) is 7. The number of piperidine rings is 1. The average Bonchev–Trinajstić information content (AvgIpc) is 3.51. The van der Waals surface area contributed by atoms with E-state index in [4.69, 9.17) is 9.72 Å². The third kappa shape index (κ3) is 5.61. The first-order valence-corrected chi connectivity index (χ1v) is 13.4. The van der Waals surface area contributed by atoms with E-state index < -0.39 is 0 Å². The van der Waals surface area contributed by atoms with Gasteiger partial charge in [0.05, 0.1) is 28.7 Å². The normalized spacial score (nSPS) is 19.4. The zero-order valence-electron chi connectivity index (χ0n) is 20.5. The van der Waals surface area contributed by atoms with Gasteiger partial charge in [-0.3, -0.25) is 14.5 Å². The second kappa shape index (κ2) is 11.3. The molecule has 0 bridgehead atoms. The number of esters is 1. The Morgan fingerprint density at radius 2 is 1.97 bits per heavy atom. The summed E-state index contributed by atoms with van der Waals surface area (Å²) in [7, 11) is 0. The number of carbonyl (C=O) groups excluding carboxylic acids is 2. The maximum absolute atomic E-state index is 13.3. The maximum atomic E-state index is 13.3. The lowest BCUT2D eigenvalue weighted by molar-refractivity contribution is -0.148. The van der Waals surface area contributed by atoms with Gasteiger partial charge in [-0.05, 0) is 81.8 Å². The van der Waals surface area contributed by atoms with Crippen molar-refractivity contribution in [3.63, 3.8) is 0 Å². The molecular formula is C26H36N4O3S. The van der Waals surface area contributed by atoms with E-state index in [1.807, 2.05) is 19.1 Å². The minimum Gasteiger partial charge on any atom is -0.466 e. The third-order valence-corrected chi connectivity index (χ3v) is 7.99. The first-order valence-electron chi connectivity index (χ1n) is 12.5. The zero-order valence-corrected chi connectivity index (χ0v) is 21.3. The van der Waals surface area contributed by atoms with Gasteiger partial charge < -0.3 is 15.0 Å². The number of nitrogens with zero attached hydrogens (tertiary/aromatic N) is 3. The Hall–Kier alpha value is -2.45. The highest BCUT2D eigenvalue weighted by atomic mass is 32.1. The lowest BCUT2D eigenvalue weighted by Crippen LogP contribution is -2.41. The Labute approximate surface area is 206 Å².